The average Bonchev–Trinajstić information content (AvgIpc) is 1.95. The molecule has 0 spiro atoms. The molecule has 0 saturated heterocycles. The molecule has 0 aromatic heterocycles. The molecular weight excluding hydrogens is 160 g/mol. The summed E-state index contributed by atoms with van der Waals surface area (Å²) in [5, 5.41) is 0. The minimum absolute atomic E-state index is 0.0200. The smallest absolute Gasteiger partial charge is 0.248 e. The van der Waals surface area contributed by atoms with Crippen LogP contribution in [0.25, 0.3) is 0 Å². The summed E-state index contributed by atoms with van der Waals surface area (Å²) in [5.41, 5.74) is 5.66. The van der Waals surface area contributed by atoms with Gasteiger partial charge in [0, 0.05) is 25.3 Å². The summed E-state index contributed by atoms with van der Waals surface area (Å²) in [5.74, 6) is -0.0251. The van der Waals surface area contributed by atoms with E-state index in [1.807, 2.05) is 0 Å². The van der Waals surface area contributed by atoms with Crippen LogP contribution in [-0.4, -0.2) is 12.0 Å². The molecule has 12 heavy (non-hydrogen) atoms. The summed E-state index contributed by atoms with van der Waals surface area (Å²) >= 11 is 0. The van der Waals surface area contributed by atoms with Gasteiger partial charge in [0.15, 0.2) is 0 Å². The Bertz CT molecular complexity index is 187. The number of hydrogen-bond acceptors (Lipinski definition) is 1. The lowest BCUT2D eigenvalue weighted by Crippen LogP contribution is -2.45. The van der Waals surface area contributed by atoms with Crippen molar-refractivity contribution in [3.8, 4) is 12.3 Å². The predicted molar refractivity (Wildman–Crippen MR) is 43.7 cm³/mol. The van der Waals surface area contributed by atoms with Crippen LogP contribution in [0.5, 0.6) is 0 Å². The highest BCUT2D eigenvalue weighted by Gasteiger charge is 2.47. The lowest BCUT2D eigenvalue weighted by Gasteiger charge is -2.38. The van der Waals surface area contributed by atoms with E-state index in [0.29, 0.717) is 12.8 Å². The van der Waals surface area contributed by atoms with Crippen molar-refractivity contribution in [3.05, 3.63) is 0 Å². The highest BCUT2D eigenvalue weighted by molar-refractivity contribution is 4.94. The topological polar surface area (TPSA) is 26.0 Å². The maximum absolute atomic E-state index is 12.4. The number of alkyl halides is 2. The van der Waals surface area contributed by atoms with E-state index >= 15 is 0 Å². The first kappa shape index (κ1) is 9.47. The maximum atomic E-state index is 12.4. The van der Waals surface area contributed by atoms with E-state index in [2.05, 4.69) is 5.92 Å². The molecule has 1 fully saturated rings. The van der Waals surface area contributed by atoms with Crippen LogP contribution in [0.1, 0.15) is 25.7 Å². The first-order valence-electron chi connectivity index (χ1n) is 4.12. The average molecular weight is 173 g/mol. The monoisotopic (exact) mass is 173 g/mol. The van der Waals surface area contributed by atoms with Gasteiger partial charge in [-0.15, -0.1) is 12.3 Å². The molecule has 0 heterocycles. The molecule has 1 unspecified atom stereocenters. The third kappa shape index (κ3) is 2.18. The lowest BCUT2D eigenvalue weighted by molar-refractivity contribution is -0.116. The summed E-state index contributed by atoms with van der Waals surface area (Å²) in [4.78, 5) is 0. The second kappa shape index (κ2) is 3.40. The van der Waals surface area contributed by atoms with Crippen molar-refractivity contribution in [1.29, 1.82) is 0 Å². The Labute approximate surface area is 71.3 Å². The van der Waals surface area contributed by atoms with Gasteiger partial charge < -0.3 is 5.73 Å². The summed E-state index contributed by atoms with van der Waals surface area (Å²) < 4.78 is 24.7. The van der Waals surface area contributed by atoms with Gasteiger partial charge in [0.2, 0.25) is 5.92 Å². The summed E-state index contributed by atoms with van der Waals surface area (Å²) in [7, 11) is 0. The Kier molecular flexibility index (Phi) is 2.69. The molecular formula is C9H13F2N. The van der Waals surface area contributed by atoms with Gasteiger partial charge in [0.25, 0.3) is 0 Å². The van der Waals surface area contributed by atoms with E-state index in [-0.39, 0.29) is 24.8 Å². The van der Waals surface area contributed by atoms with Crippen molar-refractivity contribution in [2.24, 2.45) is 11.7 Å². The fourth-order valence-corrected chi connectivity index (χ4v) is 1.50. The molecule has 2 N–H and O–H groups in total. The lowest BCUT2D eigenvalue weighted by atomic mass is 9.75. The van der Waals surface area contributed by atoms with Gasteiger partial charge in [-0.05, 0) is 12.3 Å². The van der Waals surface area contributed by atoms with Gasteiger partial charge in [-0.2, -0.15) is 0 Å². The quantitative estimate of drug-likeness (QED) is 0.647. The SMILES string of the molecule is C#CCCC(N)C1CC(F)(F)C1. The van der Waals surface area contributed by atoms with Crippen molar-refractivity contribution < 1.29 is 8.78 Å². The number of rotatable bonds is 3. The van der Waals surface area contributed by atoms with Gasteiger partial charge in [0.1, 0.15) is 0 Å². The zero-order chi connectivity index (χ0) is 9.19. The summed E-state index contributed by atoms with van der Waals surface area (Å²) in [6, 6.07) is -0.138. The fourth-order valence-electron chi connectivity index (χ4n) is 1.50. The van der Waals surface area contributed by atoms with Gasteiger partial charge >= 0.3 is 0 Å². The second-order valence-corrected chi connectivity index (χ2v) is 3.43. The van der Waals surface area contributed by atoms with Crippen LogP contribution >= 0.6 is 0 Å². The standard InChI is InChI=1S/C9H13F2N/c1-2-3-4-8(12)7-5-9(10,11)6-7/h1,7-8H,3-6,12H2. The minimum Gasteiger partial charge on any atom is -0.327 e. The number of terminal acetylenes is 1. The van der Waals surface area contributed by atoms with Crippen molar-refractivity contribution in [3.63, 3.8) is 0 Å². The third-order valence-corrected chi connectivity index (χ3v) is 2.35. The van der Waals surface area contributed by atoms with Crippen LogP contribution < -0.4 is 5.73 Å². The normalized spacial score (nSPS) is 24.2. The first-order chi connectivity index (χ1) is 5.55. The first-order valence-corrected chi connectivity index (χ1v) is 4.12. The molecule has 1 nitrogen and oxygen atoms in total. The van der Waals surface area contributed by atoms with Crippen LogP contribution in [0.3, 0.4) is 0 Å². The zero-order valence-electron chi connectivity index (χ0n) is 6.89. The Morgan fingerprint density at radius 1 is 1.58 bits per heavy atom. The fraction of sp³-hybridized carbons (Fsp3) is 0.778. The van der Waals surface area contributed by atoms with E-state index < -0.39 is 5.92 Å². The predicted octanol–water partition coefficient (Wildman–Crippen LogP) is 1.77. The molecule has 1 saturated carbocycles. The molecule has 0 aromatic carbocycles. The maximum Gasteiger partial charge on any atom is 0.248 e. The van der Waals surface area contributed by atoms with E-state index in [0.717, 1.165) is 0 Å². The number of hydrogen-bond donors (Lipinski definition) is 1. The van der Waals surface area contributed by atoms with Gasteiger partial charge in [0.05, 0.1) is 0 Å². The second-order valence-electron chi connectivity index (χ2n) is 3.43. The zero-order valence-corrected chi connectivity index (χ0v) is 6.89. The highest BCUT2D eigenvalue weighted by Crippen LogP contribution is 2.44. The van der Waals surface area contributed by atoms with Crippen LogP contribution in [-0.2, 0) is 0 Å². The summed E-state index contributed by atoms with van der Waals surface area (Å²) in [6.45, 7) is 0. The van der Waals surface area contributed by atoms with Gasteiger partial charge in [-0.1, -0.05) is 0 Å². The molecule has 0 bridgehead atoms. The van der Waals surface area contributed by atoms with Gasteiger partial charge in [-0.25, -0.2) is 8.78 Å². The van der Waals surface area contributed by atoms with E-state index in [1.165, 1.54) is 0 Å². The molecule has 0 aliphatic heterocycles. The molecule has 0 amide bonds. The van der Waals surface area contributed by atoms with E-state index in [4.69, 9.17) is 12.2 Å². The third-order valence-electron chi connectivity index (χ3n) is 2.35. The van der Waals surface area contributed by atoms with Gasteiger partial charge in [-0.3, -0.25) is 0 Å². The van der Waals surface area contributed by atoms with Crippen molar-refractivity contribution in [2.75, 3.05) is 0 Å². The van der Waals surface area contributed by atoms with Crippen LogP contribution in [0.2, 0.25) is 0 Å². The van der Waals surface area contributed by atoms with Crippen molar-refractivity contribution >= 4 is 0 Å². The van der Waals surface area contributed by atoms with Crippen LogP contribution in [0.15, 0.2) is 0 Å². The Morgan fingerprint density at radius 3 is 2.58 bits per heavy atom. The Balaban J connectivity index is 2.20. The Morgan fingerprint density at radius 2 is 2.17 bits per heavy atom. The van der Waals surface area contributed by atoms with E-state index in [1.54, 1.807) is 0 Å². The molecule has 1 aliphatic carbocycles. The molecule has 68 valence electrons. The van der Waals surface area contributed by atoms with Crippen molar-refractivity contribution in [2.45, 2.75) is 37.6 Å². The Hall–Kier alpha value is -0.620. The minimum atomic E-state index is -2.46. The van der Waals surface area contributed by atoms with Crippen molar-refractivity contribution in [1.82, 2.24) is 0 Å². The largest absolute Gasteiger partial charge is 0.327 e. The molecule has 1 rings (SSSR count). The summed E-state index contributed by atoms with van der Waals surface area (Å²) in [6.07, 6.45) is 6.17. The van der Waals surface area contributed by atoms with Crippen LogP contribution in [0.4, 0.5) is 8.78 Å². The van der Waals surface area contributed by atoms with E-state index in [9.17, 15) is 8.78 Å². The number of halogens is 2. The molecule has 1 atom stereocenters. The molecule has 3 heteroatoms. The molecule has 1 aliphatic rings. The number of nitrogens with two attached hydrogens (primary N) is 1. The highest BCUT2D eigenvalue weighted by atomic mass is 19.3. The molecule has 0 radical (unpaired) electrons. The molecule has 0 aromatic rings. The van der Waals surface area contributed by atoms with Crippen LogP contribution in [0, 0.1) is 18.3 Å².